The van der Waals surface area contributed by atoms with Crippen LogP contribution in [-0.2, 0) is 6.04 Å². The Labute approximate surface area is 177 Å². The topological polar surface area (TPSA) is 9.23 Å². The van der Waals surface area contributed by atoms with Crippen LogP contribution >= 0.6 is 0 Å². The lowest BCUT2D eigenvalue weighted by Gasteiger charge is -2.31. The summed E-state index contributed by atoms with van der Waals surface area (Å²) < 4.78 is 6.25. The monoisotopic (exact) mass is 402 g/mol. The molecule has 2 heteroatoms. The minimum Gasteiger partial charge on any atom is -0.489 e. The van der Waals surface area contributed by atoms with Gasteiger partial charge in [-0.1, -0.05) is 97.5 Å². The molecule has 0 bridgehead atoms. The molecule has 29 heavy (non-hydrogen) atoms. The van der Waals surface area contributed by atoms with E-state index in [0.29, 0.717) is 12.5 Å². The number of hydrogen-bond donors (Lipinski definition) is 0. The first-order valence-electron chi connectivity index (χ1n) is 10.6. The maximum absolute atomic E-state index is 6.25. The van der Waals surface area contributed by atoms with Crippen LogP contribution in [0.1, 0.15) is 33.3 Å². The fraction of sp³-hybridized carbons (Fsp3) is 0.333. The Hall–Kier alpha value is -2.32. The van der Waals surface area contributed by atoms with Gasteiger partial charge in [0.15, 0.2) is 0 Å². The molecule has 0 aromatic heterocycles. The average Bonchev–Trinajstić information content (AvgIpc) is 2.90. The second-order valence-electron chi connectivity index (χ2n) is 8.89. The van der Waals surface area contributed by atoms with Crippen LogP contribution in [0.4, 0.5) is 0 Å². The van der Waals surface area contributed by atoms with Crippen LogP contribution in [0.25, 0.3) is 11.1 Å². The lowest BCUT2D eigenvalue weighted by molar-refractivity contribution is 0.361. The van der Waals surface area contributed by atoms with Gasteiger partial charge in [-0.25, -0.2) is 0 Å². The molecule has 3 rings (SSSR count). The van der Waals surface area contributed by atoms with Crippen molar-refractivity contribution in [2.45, 2.75) is 46.8 Å². The van der Waals surface area contributed by atoms with E-state index in [4.69, 9.17) is 4.74 Å². The van der Waals surface area contributed by atoms with E-state index >= 15 is 0 Å². The summed E-state index contributed by atoms with van der Waals surface area (Å²) >= 11 is 0. The normalized spacial score (nSPS) is 17.1. The van der Waals surface area contributed by atoms with Crippen LogP contribution in [0, 0.1) is 5.92 Å². The summed E-state index contributed by atoms with van der Waals surface area (Å²) in [5, 5.41) is 1.70. The highest BCUT2D eigenvalue weighted by molar-refractivity contribution is 6.84. The molecule has 0 spiro atoms. The van der Waals surface area contributed by atoms with E-state index in [-0.39, 0.29) is 0 Å². The Morgan fingerprint density at radius 1 is 0.966 bits per heavy atom. The molecular formula is C27H34OSi. The van der Waals surface area contributed by atoms with Crippen LogP contribution in [0.2, 0.25) is 13.1 Å². The van der Waals surface area contributed by atoms with Gasteiger partial charge in [-0.05, 0) is 49.4 Å². The standard InChI is InChI=1S/C27H34OSi/c1-8-17-28-26-24(15-12-16-25(26)23-13-10-9-11-14-23)18-29(6,7)27-21(4)19(2)20(3)22(27)5/h8-16,21H,1,17-18H2,2-7H3. The fourth-order valence-electron chi connectivity index (χ4n) is 4.91. The van der Waals surface area contributed by atoms with E-state index in [1.165, 1.54) is 27.8 Å². The van der Waals surface area contributed by atoms with Crippen molar-refractivity contribution in [3.63, 3.8) is 0 Å². The van der Waals surface area contributed by atoms with Crippen molar-refractivity contribution in [2.75, 3.05) is 6.61 Å². The summed E-state index contributed by atoms with van der Waals surface area (Å²) in [5.41, 5.74) is 8.25. The third-order valence-electron chi connectivity index (χ3n) is 6.53. The quantitative estimate of drug-likeness (QED) is 0.343. The Morgan fingerprint density at radius 2 is 1.66 bits per heavy atom. The van der Waals surface area contributed by atoms with Gasteiger partial charge in [0.2, 0.25) is 0 Å². The summed E-state index contributed by atoms with van der Waals surface area (Å²) in [6.07, 6.45) is 1.83. The lowest BCUT2D eigenvalue weighted by Crippen LogP contribution is -2.36. The molecule has 2 aromatic rings. The molecule has 1 atom stereocenters. The molecule has 0 aliphatic heterocycles. The van der Waals surface area contributed by atoms with Gasteiger partial charge in [0.05, 0.1) is 8.07 Å². The molecule has 0 amide bonds. The SMILES string of the molecule is C=CCOc1c(C[Si](C)(C)C2=C(C)C(C)=C(C)C2C)cccc1-c1ccccc1. The number of hydrogen-bond acceptors (Lipinski definition) is 1. The molecule has 1 nitrogen and oxygen atoms in total. The van der Waals surface area contributed by atoms with E-state index in [1.807, 2.05) is 6.08 Å². The van der Waals surface area contributed by atoms with Gasteiger partial charge in [-0.3, -0.25) is 0 Å². The van der Waals surface area contributed by atoms with Crippen molar-refractivity contribution in [3.8, 4) is 16.9 Å². The minimum atomic E-state index is -1.68. The van der Waals surface area contributed by atoms with Gasteiger partial charge in [0.25, 0.3) is 0 Å². The van der Waals surface area contributed by atoms with Gasteiger partial charge < -0.3 is 4.74 Å². The zero-order valence-corrected chi connectivity index (χ0v) is 19.8. The highest BCUT2D eigenvalue weighted by atomic mass is 28.3. The molecule has 0 saturated heterocycles. The molecule has 0 saturated carbocycles. The highest BCUT2D eigenvalue weighted by Crippen LogP contribution is 2.43. The molecular weight excluding hydrogens is 368 g/mol. The zero-order valence-electron chi connectivity index (χ0n) is 18.8. The average molecular weight is 403 g/mol. The molecule has 0 N–H and O–H groups in total. The van der Waals surface area contributed by atoms with Crippen molar-refractivity contribution in [3.05, 3.63) is 88.7 Å². The maximum atomic E-state index is 6.25. The molecule has 1 unspecified atom stereocenters. The third kappa shape index (κ3) is 4.18. The zero-order chi connectivity index (χ0) is 21.2. The first kappa shape index (κ1) is 21.4. The Balaban J connectivity index is 2.04. The first-order valence-corrected chi connectivity index (χ1v) is 13.8. The van der Waals surface area contributed by atoms with Crippen LogP contribution in [0.5, 0.6) is 5.75 Å². The summed E-state index contributed by atoms with van der Waals surface area (Å²) in [6, 6.07) is 18.2. The summed E-state index contributed by atoms with van der Waals surface area (Å²) in [5.74, 6) is 1.58. The largest absolute Gasteiger partial charge is 0.489 e. The van der Waals surface area contributed by atoms with Crippen molar-refractivity contribution >= 4 is 8.07 Å². The summed E-state index contributed by atoms with van der Waals surface area (Å²) in [7, 11) is -1.68. The smallest absolute Gasteiger partial charge is 0.130 e. The number of rotatable bonds is 7. The second-order valence-corrected chi connectivity index (χ2v) is 13.5. The van der Waals surface area contributed by atoms with E-state index in [0.717, 1.165) is 11.8 Å². The molecule has 1 aliphatic rings. The van der Waals surface area contributed by atoms with Crippen molar-refractivity contribution in [2.24, 2.45) is 5.92 Å². The molecule has 1 aliphatic carbocycles. The molecule has 0 radical (unpaired) electrons. The Bertz CT molecular complexity index is 963. The Kier molecular flexibility index (Phi) is 6.33. The Morgan fingerprint density at radius 3 is 2.24 bits per heavy atom. The van der Waals surface area contributed by atoms with Gasteiger partial charge in [-0.2, -0.15) is 0 Å². The van der Waals surface area contributed by atoms with Crippen molar-refractivity contribution < 1.29 is 4.74 Å². The van der Waals surface area contributed by atoms with Crippen molar-refractivity contribution in [1.29, 1.82) is 0 Å². The van der Waals surface area contributed by atoms with Crippen LogP contribution in [0.15, 0.2) is 83.1 Å². The second kappa shape index (κ2) is 8.58. The lowest BCUT2D eigenvalue weighted by atomic mass is 10.0. The van der Waals surface area contributed by atoms with E-state index < -0.39 is 8.07 Å². The summed E-state index contributed by atoms with van der Waals surface area (Å²) in [6.45, 7) is 18.7. The van der Waals surface area contributed by atoms with Crippen LogP contribution in [-0.4, -0.2) is 14.7 Å². The molecule has 2 aromatic carbocycles. The fourth-order valence-corrected chi connectivity index (χ4v) is 8.92. The van der Waals surface area contributed by atoms with Gasteiger partial charge in [0.1, 0.15) is 12.4 Å². The predicted molar refractivity (Wildman–Crippen MR) is 129 cm³/mol. The van der Waals surface area contributed by atoms with Crippen molar-refractivity contribution in [1.82, 2.24) is 0 Å². The number of benzene rings is 2. The summed E-state index contributed by atoms with van der Waals surface area (Å²) in [4.78, 5) is 0. The minimum absolute atomic E-state index is 0.525. The molecule has 152 valence electrons. The third-order valence-corrected chi connectivity index (χ3v) is 10.1. The first-order chi connectivity index (χ1) is 13.8. The number of ether oxygens (including phenoxy) is 1. The maximum Gasteiger partial charge on any atom is 0.130 e. The predicted octanol–water partition coefficient (Wildman–Crippen LogP) is 7.55. The number of para-hydroxylation sites is 1. The highest BCUT2D eigenvalue weighted by Gasteiger charge is 2.36. The van der Waals surface area contributed by atoms with Gasteiger partial charge >= 0.3 is 0 Å². The van der Waals surface area contributed by atoms with Crippen LogP contribution < -0.4 is 4.74 Å². The molecule has 0 heterocycles. The van der Waals surface area contributed by atoms with Gasteiger partial charge in [0, 0.05) is 5.56 Å². The number of allylic oxidation sites excluding steroid dienone is 4. The van der Waals surface area contributed by atoms with E-state index in [2.05, 4.69) is 95.9 Å². The van der Waals surface area contributed by atoms with Gasteiger partial charge in [-0.15, -0.1) is 0 Å². The van der Waals surface area contributed by atoms with E-state index in [9.17, 15) is 0 Å². The molecule has 0 fully saturated rings. The van der Waals surface area contributed by atoms with Crippen LogP contribution in [0.3, 0.4) is 0 Å². The van der Waals surface area contributed by atoms with E-state index in [1.54, 1.807) is 10.8 Å².